The molecule has 2 heteroatoms. The summed E-state index contributed by atoms with van der Waals surface area (Å²) in [4.78, 5) is 2.37. The molecule has 48 valence electrons. The van der Waals surface area contributed by atoms with Crippen molar-refractivity contribution in [1.82, 2.24) is 0 Å². The summed E-state index contributed by atoms with van der Waals surface area (Å²) in [5.74, 6) is 0. The second-order valence-electron chi connectivity index (χ2n) is 2.09. The second-order valence-corrected chi connectivity index (χ2v) is 9.33. The molecule has 1 heterocycles. The average Bonchev–Trinajstić information content (AvgIpc) is 2.05. The molecule has 1 aromatic carbocycles. The van der Waals surface area contributed by atoms with Crippen molar-refractivity contribution in [3.05, 3.63) is 34.7 Å². The molecule has 0 aliphatic carbocycles. The molecule has 0 saturated carbocycles. The molecule has 0 atom stereocenters. The predicted octanol–water partition coefficient (Wildman–Crippen LogP) is 0.620. The summed E-state index contributed by atoms with van der Waals surface area (Å²) >= 11 is 1.10. The van der Waals surface area contributed by atoms with Crippen molar-refractivity contribution in [3.8, 4) is 0 Å². The van der Waals surface area contributed by atoms with Gasteiger partial charge in [-0.3, -0.25) is 0 Å². The monoisotopic (exact) mass is 252 g/mol. The number of hydrogen-bond donors (Lipinski definition) is 0. The van der Waals surface area contributed by atoms with Crippen LogP contribution in [0.4, 0.5) is 0 Å². The van der Waals surface area contributed by atoms with E-state index in [9.17, 15) is 0 Å². The van der Waals surface area contributed by atoms with Crippen LogP contribution in [0.2, 0.25) is 0 Å². The van der Waals surface area contributed by atoms with E-state index in [-0.39, 0.29) is 0 Å². The molecule has 0 aromatic heterocycles. The van der Waals surface area contributed by atoms with Gasteiger partial charge in [-0.15, -0.1) is 0 Å². The summed E-state index contributed by atoms with van der Waals surface area (Å²) in [5, 5.41) is 0. The van der Waals surface area contributed by atoms with E-state index in [1.54, 1.807) is 4.35 Å². The summed E-state index contributed by atoms with van der Waals surface area (Å²) < 4.78 is 1.63. The van der Waals surface area contributed by atoms with Crippen LogP contribution in [-0.2, 0) is 0 Å². The Morgan fingerprint density at radius 2 is 2.00 bits per heavy atom. The van der Waals surface area contributed by atoms with Gasteiger partial charge in [-0.05, 0) is 0 Å². The zero-order valence-electron chi connectivity index (χ0n) is 5.36. The Hall–Kier alpha value is 0.0769. The van der Waals surface area contributed by atoms with Crippen molar-refractivity contribution in [1.29, 1.82) is 0 Å². The van der Waals surface area contributed by atoms with Crippen LogP contribution < -0.4 is 4.35 Å². The molecule has 0 fully saturated rings. The van der Waals surface area contributed by atoms with Gasteiger partial charge < -0.3 is 0 Å². The molecule has 0 N–H and O–H groups in total. The second kappa shape index (κ2) is 2.99. The molecule has 2 rings (SSSR count). The first-order valence-electron chi connectivity index (χ1n) is 3.13. The van der Waals surface area contributed by atoms with Crippen LogP contribution in [0.5, 0.6) is 0 Å². The third kappa shape index (κ3) is 1.24. The van der Waals surface area contributed by atoms with E-state index in [1.165, 1.54) is 5.56 Å². The van der Waals surface area contributed by atoms with Gasteiger partial charge in [-0.2, -0.15) is 0 Å². The van der Waals surface area contributed by atoms with Crippen molar-refractivity contribution < 1.29 is 0 Å². The van der Waals surface area contributed by atoms with Crippen LogP contribution in [0, 0.1) is 0 Å². The van der Waals surface area contributed by atoms with Crippen LogP contribution in [0.3, 0.4) is 0 Å². The van der Waals surface area contributed by atoms with Gasteiger partial charge in [0.2, 0.25) is 0 Å². The molecule has 0 saturated heterocycles. The Morgan fingerprint density at radius 3 is 2.90 bits per heavy atom. The van der Waals surface area contributed by atoms with Gasteiger partial charge in [0.15, 0.2) is 0 Å². The fraction of sp³-hybridized carbons (Fsp3) is 0. The SMILES string of the molecule is C1=Cc2ccccc2[As]=[As]1. The van der Waals surface area contributed by atoms with Crippen LogP contribution in [-0.4, -0.2) is 26.3 Å². The standard InChI is InChI=1S/C8H6As2/c1-2-4-8-7(3-1)5-6-9-10-8/h1-6H. The summed E-state index contributed by atoms with van der Waals surface area (Å²) in [6.07, 6.45) is 2.27. The topological polar surface area (TPSA) is 0 Å². The molecule has 0 bridgehead atoms. The minimum absolute atomic E-state index is 0.536. The van der Waals surface area contributed by atoms with Crippen LogP contribution >= 0.6 is 0 Å². The normalized spacial score (nSPS) is 16.4. The zero-order valence-corrected chi connectivity index (χ0v) is 9.11. The molecular weight excluding hydrogens is 246 g/mol. The predicted molar refractivity (Wildman–Crippen MR) is 46.6 cm³/mol. The third-order valence-electron chi connectivity index (χ3n) is 1.42. The van der Waals surface area contributed by atoms with Crippen LogP contribution in [0.25, 0.3) is 6.08 Å². The molecule has 0 nitrogen and oxygen atoms in total. The summed E-state index contributed by atoms with van der Waals surface area (Å²) in [5.41, 5.74) is 1.46. The Balaban J connectivity index is 2.65. The molecule has 1 aromatic rings. The number of hydrogen-bond acceptors (Lipinski definition) is 0. The number of rotatable bonds is 0. The van der Waals surface area contributed by atoms with Crippen molar-refractivity contribution in [3.63, 3.8) is 0 Å². The van der Waals surface area contributed by atoms with Crippen molar-refractivity contribution in [2.45, 2.75) is 0 Å². The van der Waals surface area contributed by atoms with Crippen molar-refractivity contribution in [2.24, 2.45) is 0 Å². The average molecular weight is 252 g/mol. The summed E-state index contributed by atoms with van der Waals surface area (Å²) in [6.45, 7) is 0. The van der Waals surface area contributed by atoms with E-state index in [0.29, 0.717) is 26.3 Å². The molecule has 0 unspecified atom stereocenters. The first kappa shape index (κ1) is 6.77. The van der Waals surface area contributed by atoms with Crippen molar-refractivity contribution >= 4 is 36.7 Å². The van der Waals surface area contributed by atoms with Gasteiger partial charge in [-0.1, -0.05) is 0 Å². The molecule has 0 amide bonds. The third-order valence-corrected chi connectivity index (χ3v) is 8.63. The van der Waals surface area contributed by atoms with Gasteiger partial charge in [0.1, 0.15) is 0 Å². The minimum atomic E-state index is 0.536. The quantitative estimate of drug-likeness (QED) is 0.594. The van der Waals surface area contributed by atoms with E-state index in [0.717, 1.165) is 0 Å². The molecule has 0 radical (unpaired) electrons. The van der Waals surface area contributed by atoms with E-state index < -0.39 is 0 Å². The summed E-state index contributed by atoms with van der Waals surface area (Å²) in [7, 11) is 0. The number of benzene rings is 1. The Bertz CT molecular complexity index is 269. The van der Waals surface area contributed by atoms with E-state index >= 15 is 0 Å². The van der Waals surface area contributed by atoms with Crippen molar-refractivity contribution in [2.75, 3.05) is 0 Å². The molecule has 1 aliphatic rings. The Morgan fingerprint density at radius 1 is 1.10 bits per heavy atom. The number of fused-ring (bicyclic) bond motifs is 1. The molecule has 0 spiro atoms. The summed E-state index contributed by atoms with van der Waals surface area (Å²) in [6, 6.07) is 8.75. The zero-order chi connectivity index (χ0) is 6.81. The van der Waals surface area contributed by atoms with Gasteiger partial charge in [0.05, 0.1) is 0 Å². The fourth-order valence-electron chi connectivity index (χ4n) is 0.929. The van der Waals surface area contributed by atoms with Crippen LogP contribution in [0.1, 0.15) is 5.56 Å². The molecule has 10 heavy (non-hydrogen) atoms. The molecular formula is C8H6As2. The van der Waals surface area contributed by atoms with E-state index in [4.69, 9.17) is 0 Å². The first-order chi connectivity index (χ1) is 4.97. The van der Waals surface area contributed by atoms with E-state index in [2.05, 4.69) is 35.2 Å². The first-order valence-corrected chi connectivity index (χ1v) is 10.4. The molecule has 1 aliphatic heterocycles. The van der Waals surface area contributed by atoms with Gasteiger partial charge in [-0.25, -0.2) is 0 Å². The van der Waals surface area contributed by atoms with Crippen LogP contribution in [0.15, 0.2) is 29.1 Å². The Labute approximate surface area is 71.3 Å². The maximum atomic E-state index is 2.37. The maximum absolute atomic E-state index is 2.37. The Kier molecular flexibility index (Phi) is 2.02. The van der Waals surface area contributed by atoms with E-state index in [1.807, 2.05) is 0 Å². The van der Waals surface area contributed by atoms with Gasteiger partial charge in [0, 0.05) is 0 Å². The van der Waals surface area contributed by atoms with Gasteiger partial charge in [0.25, 0.3) is 0 Å². The van der Waals surface area contributed by atoms with Gasteiger partial charge >= 0.3 is 71.4 Å². The fourth-order valence-corrected chi connectivity index (χ4v) is 7.48.